The molecule has 0 radical (unpaired) electrons. The van der Waals surface area contributed by atoms with Gasteiger partial charge in [0, 0.05) is 24.4 Å². The molecule has 2 aromatic rings. The highest BCUT2D eigenvalue weighted by atomic mass is 35.5. The molecule has 0 aliphatic carbocycles. The van der Waals surface area contributed by atoms with E-state index in [9.17, 15) is 10.2 Å². The lowest BCUT2D eigenvalue weighted by molar-refractivity contribution is 0.259. The third-order valence-corrected chi connectivity index (χ3v) is 6.55. The number of methoxy groups -OCH3 is 1. The van der Waals surface area contributed by atoms with Gasteiger partial charge >= 0.3 is 0 Å². The van der Waals surface area contributed by atoms with Crippen molar-refractivity contribution in [3.63, 3.8) is 0 Å². The molecule has 0 spiro atoms. The Hall–Kier alpha value is -2.10. The van der Waals surface area contributed by atoms with Gasteiger partial charge in [-0.1, -0.05) is 44.2 Å². The zero-order valence-corrected chi connectivity index (χ0v) is 21.4. The molecule has 0 aromatic heterocycles. The Labute approximate surface area is 205 Å². The fraction of sp³-hybridized carbons (Fsp3) is 0.519. The number of ether oxygens (including phenoxy) is 1. The molecule has 5 nitrogen and oxygen atoms in total. The van der Waals surface area contributed by atoms with E-state index >= 15 is 0 Å². The van der Waals surface area contributed by atoms with E-state index in [4.69, 9.17) is 11.3 Å². The molecule has 0 amide bonds. The molecule has 1 unspecified atom stereocenters. The van der Waals surface area contributed by atoms with E-state index in [0.717, 1.165) is 65.9 Å². The summed E-state index contributed by atoms with van der Waals surface area (Å²) in [7, 11) is 3.79. The van der Waals surface area contributed by atoms with E-state index in [1.807, 2.05) is 37.3 Å². The van der Waals surface area contributed by atoms with Crippen LogP contribution in [0.5, 0.6) is 5.75 Å². The van der Waals surface area contributed by atoms with Crippen LogP contribution in [0.1, 0.15) is 54.5 Å². The lowest BCUT2D eigenvalue weighted by Crippen LogP contribution is -2.31. The minimum atomic E-state index is -0.558. The lowest BCUT2D eigenvalue weighted by Gasteiger charge is -2.28. The van der Waals surface area contributed by atoms with Crippen LogP contribution in [0.2, 0.25) is 0 Å². The summed E-state index contributed by atoms with van der Waals surface area (Å²) in [6.07, 6.45) is 2.60. The summed E-state index contributed by atoms with van der Waals surface area (Å²) in [5.41, 5.74) is 4.28. The number of rotatable bonds is 12. The second-order valence-electron chi connectivity index (χ2n) is 8.95. The third-order valence-electron chi connectivity index (χ3n) is 6.55. The summed E-state index contributed by atoms with van der Waals surface area (Å²) < 4.78 is 5.51. The first-order chi connectivity index (χ1) is 15.3. The molecule has 0 heterocycles. The summed E-state index contributed by atoms with van der Waals surface area (Å²) in [5.74, 6) is 1.03. The van der Waals surface area contributed by atoms with Crippen LogP contribution in [-0.4, -0.2) is 42.4 Å². The largest absolute Gasteiger partial charge is 0.496 e. The highest BCUT2D eigenvalue weighted by Crippen LogP contribution is 2.40. The van der Waals surface area contributed by atoms with E-state index in [1.54, 1.807) is 7.11 Å². The number of benzene rings is 2. The minimum Gasteiger partial charge on any atom is -0.496 e. The molecule has 2 aromatic carbocycles. The van der Waals surface area contributed by atoms with Crippen molar-refractivity contribution < 1.29 is 14.9 Å². The Kier molecular flexibility index (Phi) is 11.9. The standard InChI is InChI=1S/C27H38N2O3.ClH/c1-20(2)27(28-4,25-11-8-21(3)26(17-25)32-6)13-7-14-29(5)15-12-22-9-10-23(18-30)24(16-22)19-31;/h8-11,16-17,20,30-31H,7,12-15,18-19H2,1-3,5-6H3;1H. The smallest absolute Gasteiger partial charge is 0.259 e. The summed E-state index contributed by atoms with van der Waals surface area (Å²) >= 11 is 0. The Morgan fingerprint density at radius 3 is 2.33 bits per heavy atom. The Morgan fingerprint density at radius 1 is 1.06 bits per heavy atom. The molecule has 0 aliphatic rings. The molecule has 33 heavy (non-hydrogen) atoms. The van der Waals surface area contributed by atoms with Crippen LogP contribution in [0.4, 0.5) is 0 Å². The topological polar surface area (TPSA) is 57.3 Å². The van der Waals surface area contributed by atoms with Crippen molar-refractivity contribution in [3.8, 4) is 5.75 Å². The third kappa shape index (κ3) is 7.19. The molecule has 6 heteroatoms. The van der Waals surface area contributed by atoms with Crippen LogP contribution in [0.15, 0.2) is 36.4 Å². The SMILES string of the molecule is Cl.[C-]#[N+]C(CCCN(C)CCc1ccc(CO)c(CO)c1)(c1ccc(C)c(OC)c1)C(C)C. The average molecular weight is 475 g/mol. The minimum absolute atomic E-state index is 0. The molecule has 0 saturated carbocycles. The summed E-state index contributed by atoms with van der Waals surface area (Å²) in [6.45, 7) is 16.0. The normalized spacial score (nSPS) is 12.8. The molecule has 0 saturated heterocycles. The van der Waals surface area contributed by atoms with E-state index in [0.29, 0.717) is 0 Å². The molecule has 2 rings (SSSR count). The maximum atomic E-state index is 9.50. The van der Waals surface area contributed by atoms with Gasteiger partial charge in [0.25, 0.3) is 5.54 Å². The van der Waals surface area contributed by atoms with Crippen LogP contribution in [0.25, 0.3) is 4.85 Å². The lowest BCUT2D eigenvalue weighted by atomic mass is 9.76. The van der Waals surface area contributed by atoms with Crippen molar-refractivity contribution in [2.45, 2.75) is 58.8 Å². The Morgan fingerprint density at radius 2 is 1.76 bits per heavy atom. The second kappa shape index (κ2) is 13.6. The Bertz CT molecular complexity index is 926. The van der Waals surface area contributed by atoms with Crippen LogP contribution in [0.3, 0.4) is 0 Å². The predicted octanol–water partition coefficient (Wildman–Crippen LogP) is 5.14. The van der Waals surface area contributed by atoms with Crippen LogP contribution >= 0.6 is 12.4 Å². The monoisotopic (exact) mass is 474 g/mol. The molecular weight excluding hydrogens is 436 g/mol. The van der Waals surface area contributed by atoms with Gasteiger partial charge in [-0.2, -0.15) is 0 Å². The number of halogens is 1. The Balaban J connectivity index is 0.00000544. The molecule has 182 valence electrons. The van der Waals surface area contributed by atoms with Crippen LogP contribution < -0.4 is 4.74 Å². The van der Waals surface area contributed by atoms with Gasteiger partial charge in [-0.3, -0.25) is 0 Å². The van der Waals surface area contributed by atoms with Crippen molar-refractivity contribution in [1.29, 1.82) is 0 Å². The molecule has 0 fully saturated rings. The number of aryl methyl sites for hydroxylation is 1. The maximum Gasteiger partial charge on any atom is 0.259 e. The molecule has 0 bridgehead atoms. The van der Waals surface area contributed by atoms with Crippen molar-refractivity contribution in [3.05, 3.63) is 75.6 Å². The van der Waals surface area contributed by atoms with Gasteiger partial charge in [-0.05, 0) is 61.7 Å². The number of aliphatic hydroxyl groups is 2. The molecule has 0 aliphatic heterocycles. The van der Waals surface area contributed by atoms with Gasteiger partial charge in [-0.15, -0.1) is 12.4 Å². The van der Waals surface area contributed by atoms with Crippen molar-refractivity contribution in [2.24, 2.45) is 5.92 Å². The van der Waals surface area contributed by atoms with E-state index in [1.165, 1.54) is 0 Å². The fourth-order valence-corrected chi connectivity index (χ4v) is 4.29. The van der Waals surface area contributed by atoms with E-state index in [-0.39, 0.29) is 31.5 Å². The summed E-state index contributed by atoms with van der Waals surface area (Å²) in [6, 6.07) is 12.0. The molecule has 1 atom stereocenters. The van der Waals surface area contributed by atoms with Gasteiger partial charge in [0.05, 0.1) is 20.3 Å². The van der Waals surface area contributed by atoms with Gasteiger partial charge < -0.3 is 24.7 Å². The average Bonchev–Trinajstić information content (AvgIpc) is 2.80. The summed E-state index contributed by atoms with van der Waals surface area (Å²) in [4.78, 5) is 6.45. The fourth-order valence-electron chi connectivity index (χ4n) is 4.29. The highest BCUT2D eigenvalue weighted by Gasteiger charge is 2.42. The van der Waals surface area contributed by atoms with Crippen molar-refractivity contribution in [2.75, 3.05) is 27.2 Å². The van der Waals surface area contributed by atoms with Crippen LogP contribution in [-0.2, 0) is 25.2 Å². The number of hydrogen-bond donors (Lipinski definition) is 2. The second-order valence-corrected chi connectivity index (χ2v) is 8.95. The highest BCUT2D eigenvalue weighted by molar-refractivity contribution is 5.85. The van der Waals surface area contributed by atoms with Gasteiger partial charge in [0.1, 0.15) is 5.75 Å². The first kappa shape index (κ1) is 28.9. The first-order valence-corrected chi connectivity index (χ1v) is 11.4. The number of aliphatic hydroxyl groups excluding tert-OH is 2. The van der Waals surface area contributed by atoms with Crippen molar-refractivity contribution >= 4 is 12.4 Å². The predicted molar refractivity (Wildman–Crippen MR) is 137 cm³/mol. The van der Waals surface area contributed by atoms with Gasteiger partial charge in [0.15, 0.2) is 0 Å². The van der Waals surface area contributed by atoms with E-state index < -0.39 is 5.54 Å². The zero-order chi connectivity index (χ0) is 23.7. The summed E-state index contributed by atoms with van der Waals surface area (Å²) in [5, 5.41) is 18.9. The first-order valence-electron chi connectivity index (χ1n) is 11.4. The number of hydrogen-bond acceptors (Lipinski definition) is 4. The van der Waals surface area contributed by atoms with Gasteiger partial charge in [-0.25, -0.2) is 6.57 Å². The number of likely N-dealkylation sites (N-methyl/N-ethyl adjacent to an activating group) is 1. The van der Waals surface area contributed by atoms with Crippen molar-refractivity contribution in [1.82, 2.24) is 4.90 Å². The van der Waals surface area contributed by atoms with Gasteiger partial charge in [0.2, 0.25) is 0 Å². The molecule has 2 N–H and O–H groups in total. The van der Waals surface area contributed by atoms with Crippen LogP contribution in [0, 0.1) is 19.4 Å². The van der Waals surface area contributed by atoms with E-state index in [2.05, 4.69) is 36.7 Å². The zero-order valence-electron chi connectivity index (χ0n) is 20.6. The molecular formula is C27H39ClN2O3. The maximum absolute atomic E-state index is 9.50. The quantitative estimate of drug-likeness (QED) is 0.418. The number of nitrogens with zero attached hydrogens (tertiary/aromatic N) is 2.